The highest BCUT2D eigenvalue weighted by molar-refractivity contribution is 5.95. The molecule has 7 heteroatoms. The molecule has 0 saturated carbocycles. The molecule has 1 aromatic heterocycles. The summed E-state index contributed by atoms with van der Waals surface area (Å²) >= 11 is 0. The normalized spacial score (nSPS) is 11.0. The van der Waals surface area contributed by atoms with E-state index in [1.807, 2.05) is 84.9 Å². The first-order chi connectivity index (χ1) is 16.6. The second kappa shape index (κ2) is 10.8. The van der Waals surface area contributed by atoms with Gasteiger partial charge in [-0.1, -0.05) is 54.6 Å². The fourth-order valence-corrected chi connectivity index (χ4v) is 3.42. The summed E-state index contributed by atoms with van der Waals surface area (Å²) in [6.45, 7) is 0. The van der Waals surface area contributed by atoms with Crippen molar-refractivity contribution in [2.75, 3.05) is 17.7 Å². The number of nitrogens with zero attached hydrogens (tertiary/aromatic N) is 2. The van der Waals surface area contributed by atoms with E-state index in [1.54, 1.807) is 19.4 Å². The molecule has 0 radical (unpaired) electrons. The van der Waals surface area contributed by atoms with Crippen molar-refractivity contribution >= 4 is 29.1 Å². The van der Waals surface area contributed by atoms with Crippen molar-refractivity contribution in [3.05, 3.63) is 103 Å². The Hall–Kier alpha value is -4.65. The fraction of sp³-hybridized carbons (Fsp3) is 0.0741. The number of guanidine groups is 1. The van der Waals surface area contributed by atoms with Gasteiger partial charge in [0, 0.05) is 17.4 Å². The number of methoxy groups -OCH3 is 1. The predicted octanol–water partition coefficient (Wildman–Crippen LogP) is 5.00. The third-order valence-electron chi connectivity index (χ3n) is 5.04. The second-order valence-electron chi connectivity index (χ2n) is 7.52. The van der Waals surface area contributed by atoms with Crippen LogP contribution in [0.4, 0.5) is 17.2 Å². The van der Waals surface area contributed by atoms with Gasteiger partial charge in [0.05, 0.1) is 19.2 Å². The van der Waals surface area contributed by atoms with Gasteiger partial charge in [0.1, 0.15) is 5.75 Å². The first-order valence-electron chi connectivity index (χ1n) is 10.8. The van der Waals surface area contributed by atoms with Crippen LogP contribution in [0.15, 0.2) is 102 Å². The minimum Gasteiger partial charge on any atom is -0.495 e. The number of pyridine rings is 1. The largest absolute Gasteiger partial charge is 0.495 e. The number of benzene rings is 3. The maximum absolute atomic E-state index is 12.4. The molecule has 0 bridgehead atoms. The lowest BCUT2D eigenvalue weighted by atomic mass is 10.1. The van der Waals surface area contributed by atoms with E-state index in [1.165, 1.54) is 0 Å². The molecule has 0 saturated heterocycles. The zero-order valence-corrected chi connectivity index (χ0v) is 18.7. The van der Waals surface area contributed by atoms with Gasteiger partial charge < -0.3 is 21.1 Å². The van der Waals surface area contributed by atoms with Crippen LogP contribution >= 0.6 is 0 Å². The van der Waals surface area contributed by atoms with Gasteiger partial charge in [-0.05, 0) is 47.5 Å². The van der Waals surface area contributed by atoms with Crippen molar-refractivity contribution < 1.29 is 9.53 Å². The van der Waals surface area contributed by atoms with Gasteiger partial charge in [-0.15, -0.1) is 0 Å². The van der Waals surface area contributed by atoms with Gasteiger partial charge >= 0.3 is 0 Å². The van der Waals surface area contributed by atoms with Crippen molar-refractivity contribution in [2.24, 2.45) is 10.7 Å². The predicted molar refractivity (Wildman–Crippen MR) is 136 cm³/mol. The Kier molecular flexibility index (Phi) is 7.15. The average Bonchev–Trinajstić information content (AvgIpc) is 2.85. The van der Waals surface area contributed by atoms with Crippen molar-refractivity contribution in [3.63, 3.8) is 0 Å². The first kappa shape index (κ1) is 22.5. The summed E-state index contributed by atoms with van der Waals surface area (Å²) in [6.07, 6.45) is 2.05. The highest BCUT2D eigenvalue weighted by Gasteiger charge is 2.07. The topological polar surface area (TPSA) is 102 Å². The van der Waals surface area contributed by atoms with Gasteiger partial charge in [-0.25, -0.2) is 4.98 Å². The molecule has 0 aliphatic rings. The number of nitrogens with one attached hydrogen (secondary N) is 2. The third kappa shape index (κ3) is 5.98. The summed E-state index contributed by atoms with van der Waals surface area (Å²) in [4.78, 5) is 21.1. The molecule has 4 aromatic rings. The third-order valence-corrected chi connectivity index (χ3v) is 5.04. The van der Waals surface area contributed by atoms with Crippen molar-refractivity contribution in [1.82, 2.24) is 4.98 Å². The summed E-state index contributed by atoms with van der Waals surface area (Å²) in [7, 11) is 1.60. The van der Waals surface area contributed by atoms with Gasteiger partial charge in [-0.2, -0.15) is 4.99 Å². The minimum atomic E-state index is -0.0656. The molecule has 3 aromatic carbocycles. The number of aliphatic imine (C=N–C) groups is 1. The van der Waals surface area contributed by atoms with Crippen LogP contribution in [0.25, 0.3) is 11.1 Å². The molecule has 0 fully saturated rings. The van der Waals surface area contributed by atoms with Crippen LogP contribution in [-0.2, 0) is 11.2 Å². The number of rotatable bonds is 7. The van der Waals surface area contributed by atoms with Crippen molar-refractivity contribution in [2.45, 2.75) is 6.42 Å². The lowest BCUT2D eigenvalue weighted by Crippen LogP contribution is -2.22. The smallest absolute Gasteiger partial charge is 0.228 e. The van der Waals surface area contributed by atoms with Gasteiger partial charge in [0.15, 0.2) is 11.8 Å². The first-order valence-corrected chi connectivity index (χ1v) is 10.8. The van der Waals surface area contributed by atoms with Crippen LogP contribution < -0.4 is 21.1 Å². The molecule has 0 spiro atoms. The fourth-order valence-electron chi connectivity index (χ4n) is 3.42. The monoisotopic (exact) mass is 451 g/mol. The number of ether oxygens (including phenoxy) is 1. The number of amides is 1. The molecule has 0 unspecified atom stereocenters. The Morgan fingerprint density at radius 2 is 1.71 bits per heavy atom. The van der Waals surface area contributed by atoms with Gasteiger partial charge in [0.25, 0.3) is 0 Å². The molecule has 0 aliphatic heterocycles. The highest BCUT2D eigenvalue weighted by Crippen LogP contribution is 2.25. The number of para-hydroxylation sites is 2. The molecular weight excluding hydrogens is 426 g/mol. The zero-order valence-electron chi connectivity index (χ0n) is 18.7. The summed E-state index contributed by atoms with van der Waals surface area (Å²) < 4.78 is 5.31. The average molecular weight is 452 g/mol. The molecular formula is C27H25N5O2. The second-order valence-corrected chi connectivity index (χ2v) is 7.52. The summed E-state index contributed by atoms with van der Waals surface area (Å²) in [6, 6.07) is 28.4. The van der Waals surface area contributed by atoms with E-state index in [2.05, 4.69) is 20.6 Å². The number of hydrogen-bond acceptors (Lipinski definition) is 4. The Balaban J connectivity index is 1.42. The summed E-state index contributed by atoms with van der Waals surface area (Å²) in [5.41, 5.74) is 10.3. The molecule has 0 aliphatic carbocycles. The van der Waals surface area contributed by atoms with Crippen molar-refractivity contribution in [3.8, 4) is 16.9 Å². The lowest BCUT2D eigenvalue weighted by molar-refractivity contribution is -0.115. The van der Waals surface area contributed by atoms with Crippen LogP contribution in [0.2, 0.25) is 0 Å². The number of anilines is 2. The Bertz CT molecular complexity index is 1290. The summed E-state index contributed by atoms with van der Waals surface area (Å²) in [5, 5.41) is 5.98. The van der Waals surface area contributed by atoms with Crippen LogP contribution in [-0.4, -0.2) is 24.0 Å². The molecule has 1 heterocycles. The molecule has 7 nitrogen and oxygen atoms in total. The molecule has 4 rings (SSSR count). The number of carbonyl (C=O) groups excluding carboxylic acids is 1. The highest BCUT2D eigenvalue weighted by atomic mass is 16.5. The minimum absolute atomic E-state index is 0.0656. The van der Waals surface area contributed by atoms with E-state index < -0.39 is 0 Å². The van der Waals surface area contributed by atoms with E-state index in [9.17, 15) is 4.79 Å². The van der Waals surface area contributed by atoms with Crippen molar-refractivity contribution in [1.29, 1.82) is 0 Å². The quantitative estimate of drug-likeness (QED) is 0.271. The lowest BCUT2D eigenvalue weighted by Gasteiger charge is -2.10. The van der Waals surface area contributed by atoms with E-state index in [0.717, 1.165) is 22.4 Å². The molecule has 4 N–H and O–H groups in total. The van der Waals surface area contributed by atoms with E-state index in [-0.39, 0.29) is 11.9 Å². The molecule has 170 valence electrons. The van der Waals surface area contributed by atoms with E-state index in [4.69, 9.17) is 10.5 Å². The van der Waals surface area contributed by atoms with Crippen LogP contribution in [0.3, 0.4) is 0 Å². The SMILES string of the molecule is COc1ccccc1NC(N)=Nc1ccc(-c2cccc(NC(=O)Cc3ccccc3)c2)cn1. The molecule has 1 amide bonds. The Morgan fingerprint density at radius 1 is 0.912 bits per heavy atom. The zero-order chi connectivity index (χ0) is 23.8. The van der Waals surface area contributed by atoms with E-state index >= 15 is 0 Å². The Morgan fingerprint density at radius 3 is 2.47 bits per heavy atom. The maximum Gasteiger partial charge on any atom is 0.228 e. The van der Waals surface area contributed by atoms with Gasteiger partial charge in [0.2, 0.25) is 5.91 Å². The van der Waals surface area contributed by atoms with Gasteiger partial charge in [-0.3, -0.25) is 4.79 Å². The Labute approximate surface area is 198 Å². The van der Waals surface area contributed by atoms with Crippen LogP contribution in [0.1, 0.15) is 5.56 Å². The summed E-state index contributed by atoms with van der Waals surface area (Å²) in [5.74, 6) is 1.27. The number of nitrogens with two attached hydrogens (primary N) is 1. The van der Waals surface area contributed by atoms with Crippen LogP contribution in [0.5, 0.6) is 5.75 Å². The molecule has 34 heavy (non-hydrogen) atoms. The number of aromatic nitrogens is 1. The standard InChI is InChI=1S/C27H25N5O2/c1-34-24-13-6-5-12-23(24)31-27(28)32-25-15-14-21(18-29-25)20-10-7-11-22(17-20)30-26(33)16-19-8-3-2-4-9-19/h2-15,17-18H,16H2,1H3,(H,30,33)(H3,28,29,31,32). The maximum atomic E-state index is 12.4. The molecule has 0 atom stereocenters. The van der Waals surface area contributed by atoms with Crippen LogP contribution in [0, 0.1) is 0 Å². The number of hydrogen-bond donors (Lipinski definition) is 3. The van der Waals surface area contributed by atoms with E-state index in [0.29, 0.717) is 23.7 Å². The number of carbonyl (C=O) groups is 1.